The van der Waals surface area contributed by atoms with E-state index in [0.717, 1.165) is 25.1 Å². The van der Waals surface area contributed by atoms with E-state index in [1.807, 2.05) is 6.92 Å². The first kappa shape index (κ1) is 22.5. The zero-order valence-corrected chi connectivity index (χ0v) is 18.7. The van der Waals surface area contributed by atoms with E-state index in [0.29, 0.717) is 34.9 Å². The molecule has 1 saturated heterocycles. The number of ether oxygens (including phenoxy) is 1. The van der Waals surface area contributed by atoms with Crippen LogP contribution in [0.25, 0.3) is 5.69 Å². The lowest BCUT2D eigenvalue weighted by Gasteiger charge is -2.12. The molecule has 0 bridgehead atoms. The smallest absolute Gasteiger partial charge is 0.319 e. The van der Waals surface area contributed by atoms with Gasteiger partial charge in [-0.2, -0.15) is 0 Å². The van der Waals surface area contributed by atoms with Crippen molar-refractivity contribution in [2.75, 3.05) is 23.8 Å². The Balaban J connectivity index is 1.38. The number of rotatable bonds is 6. The van der Waals surface area contributed by atoms with E-state index in [2.05, 4.69) is 16.0 Å². The molecule has 0 radical (unpaired) electrons. The maximum absolute atomic E-state index is 14.3. The minimum absolute atomic E-state index is 0.0775. The van der Waals surface area contributed by atoms with Gasteiger partial charge in [-0.1, -0.05) is 12.1 Å². The Bertz CT molecular complexity index is 1150. The summed E-state index contributed by atoms with van der Waals surface area (Å²) in [4.78, 5) is 24.9. The summed E-state index contributed by atoms with van der Waals surface area (Å²) in [5.74, 6) is -0.644. The van der Waals surface area contributed by atoms with Gasteiger partial charge >= 0.3 is 6.03 Å². The minimum Gasteiger partial charge on any atom is -0.376 e. The van der Waals surface area contributed by atoms with Crippen molar-refractivity contribution >= 4 is 23.3 Å². The summed E-state index contributed by atoms with van der Waals surface area (Å²) in [6.07, 6.45) is 2.06. The van der Waals surface area contributed by atoms with Crippen LogP contribution in [0, 0.1) is 19.7 Å². The van der Waals surface area contributed by atoms with E-state index in [4.69, 9.17) is 4.74 Å². The Kier molecular flexibility index (Phi) is 6.74. The van der Waals surface area contributed by atoms with Crippen LogP contribution in [0.15, 0.2) is 54.6 Å². The summed E-state index contributed by atoms with van der Waals surface area (Å²) < 4.78 is 21.5. The van der Waals surface area contributed by atoms with E-state index in [1.54, 1.807) is 60.0 Å². The quantitative estimate of drug-likeness (QED) is 0.505. The summed E-state index contributed by atoms with van der Waals surface area (Å²) >= 11 is 0. The lowest BCUT2D eigenvalue weighted by molar-refractivity contribution is 0.102. The minimum atomic E-state index is -0.353. The topological polar surface area (TPSA) is 84.4 Å². The van der Waals surface area contributed by atoms with Gasteiger partial charge in [0, 0.05) is 35.9 Å². The van der Waals surface area contributed by atoms with Gasteiger partial charge in [0.05, 0.1) is 17.4 Å². The number of halogens is 1. The van der Waals surface area contributed by atoms with Gasteiger partial charge in [0.2, 0.25) is 0 Å². The average Bonchev–Trinajstić information content (AvgIpc) is 3.42. The highest BCUT2D eigenvalue weighted by atomic mass is 19.1. The molecule has 3 amide bonds. The molecular weight excluding hydrogens is 423 g/mol. The SMILES string of the molecule is Cc1cc(C(=O)Nc2ccc(NC(=O)NCC3CCCO3)cc2)c(C)n1-c1ccccc1F. The molecule has 3 N–H and O–H groups in total. The van der Waals surface area contributed by atoms with Gasteiger partial charge in [0.1, 0.15) is 5.82 Å². The molecule has 33 heavy (non-hydrogen) atoms. The van der Waals surface area contributed by atoms with Crippen molar-refractivity contribution in [3.63, 3.8) is 0 Å². The largest absolute Gasteiger partial charge is 0.376 e. The average molecular weight is 451 g/mol. The lowest BCUT2D eigenvalue weighted by Crippen LogP contribution is -2.35. The molecule has 2 heterocycles. The Morgan fingerprint density at radius 1 is 1.06 bits per heavy atom. The van der Waals surface area contributed by atoms with Gasteiger partial charge in [0.25, 0.3) is 5.91 Å². The number of para-hydroxylation sites is 1. The number of carbonyl (C=O) groups is 2. The normalized spacial score (nSPS) is 15.3. The second-order valence-electron chi connectivity index (χ2n) is 8.07. The fourth-order valence-electron chi connectivity index (χ4n) is 4.02. The first-order valence-corrected chi connectivity index (χ1v) is 10.9. The van der Waals surface area contributed by atoms with Crippen LogP contribution in [0.3, 0.4) is 0 Å². The van der Waals surface area contributed by atoms with Crippen LogP contribution in [-0.4, -0.2) is 35.8 Å². The molecule has 1 unspecified atom stereocenters. The number of hydrogen-bond donors (Lipinski definition) is 3. The predicted molar refractivity (Wildman–Crippen MR) is 126 cm³/mol. The van der Waals surface area contributed by atoms with Crippen LogP contribution in [0.2, 0.25) is 0 Å². The lowest BCUT2D eigenvalue weighted by atomic mass is 10.2. The van der Waals surface area contributed by atoms with Crippen molar-refractivity contribution < 1.29 is 18.7 Å². The fraction of sp³-hybridized carbons (Fsp3) is 0.280. The Labute approximate surface area is 191 Å². The zero-order chi connectivity index (χ0) is 23.4. The number of nitrogens with one attached hydrogen (secondary N) is 3. The van der Waals surface area contributed by atoms with E-state index < -0.39 is 0 Å². The molecule has 1 fully saturated rings. The number of amides is 3. The van der Waals surface area contributed by atoms with Crippen LogP contribution < -0.4 is 16.0 Å². The third-order valence-corrected chi connectivity index (χ3v) is 5.68. The Morgan fingerprint density at radius 2 is 1.76 bits per heavy atom. The number of carbonyl (C=O) groups excluding carboxylic acids is 2. The molecule has 2 aromatic carbocycles. The van der Waals surface area contributed by atoms with Gasteiger partial charge in [-0.25, -0.2) is 9.18 Å². The first-order valence-electron chi connectivity index (χ1n) is 10.9. The Hall–Kier alpha value is -3.65. The van der Waals surface area contributed by atoms with Crippen LogP contribution in [0.1, 0.15) is 34.6 Å². The maximum atomic E-state index is 14.3. The van der Waals surface area contributed by atoms with Crippen LogP contribution in [0.4, 0.5) is 20.6 Å². The van der Waals surface area contributed by atoms with Crippen LogP contribution >= 0.6 is 0 Å². The highest BCUT2D eigenvalue weighted by Crippen LogP contribution is 2.24. The highest BCUT2D eigenvalue weighted by molar-refractivity contribution is 6.05. The summed E-state index contributed by atoms with van der Waals surface area (Å²) in [5, 5.41) is 8.42. The molecule has 0 spiro atoms. The van der Waals surface area contributed by atoms with Gasteiger partial charge < -0.3 is 25.3 Å². The standard InChI is InChI=1S/C25H27FN4O3/c1-16-14-21(17(2)30(16)23-8-4-3-7-22(23)26)24(31)28-18-9-11-19(12-10-18)29-25(32)27-15-20-6-5-13-33-20/h3-4,7-12,14,20H,5-6,13,15H2,1-2H3,(H,28,31)(H2,27,29,32). The van der Waals surface area contributed by atoms with E-state index in [9.17, 15) is 14.0 Å². The molecule has 3 aromatic rings. The van der Waals surface area contributed by atoms with Gasteiger partial charge in [0.15, 0.2) is 0 Å². The fourth-order valence-corrected chi connectivity index (χ4v) is 4.02. The van der Waals surface area contributed by atoms with Crippen molar-refractivity contribution in [3.8, 4) is 5.69 Å². The molecule has 1 aliphatic heterocycles. The summed E-state index contributed by atoms with van der Waals surface area (Å²) in [6.45, 7) is 4.84. The highest BCUT2D eigenvalue weighted by Gasteiger charge is 2.19. The molecule has 1 aliphatic rings. The van der Waals surface area contributed by atoms with Crippen LogP contribution in [0.5, 0.6) is 0 Å². The molecule has 7 nitrogen and oxygen atoms in total. The van der Waals surface area contributed by atoms with Gasteiger partial charge in [-0.05, 0) is 69.2 Å². The number of aryl methyl sites for hydroxylation is 1. The number of aromatic nitrogens is 1. The monoisotopic (exact) mass is 450 g/mol. The van der Waals surface area contributed by atoms with Crippen molar-refractivity contribution in [1.82, 2.24) is 9.88 Å². The molecule has 1 atom stereocenters. The van der Waals surface area contributed by atoms with E-state index in [-0.39, 0.29) is 23.9 Å². The van der Waals surface area contributed by atoms with E-state index in [1.165, 1.54) is 6.07 Å². The molecule has 0 aliphatic carbocycles. The Morgan fingerprint density at radius 3 is 2.42 bits per heavy atom. The number of benzene rings is 2. The van der Waals surface area contributed by atoms with Crippen LogP contribution in [-0.2, 0) is 4.74 Å². The van der Waals surface area contributed by atoms with Crippen molar-refractivity contribution in [2.45, 2.75) is 32.8 Å². The van der Waals surface area contributed by atoms with Crippen molar-refractivity contribution in [1.29, 1.82) is 0 Å². The number of hydrogen-bond acceptors (Lipinski definition) is 3. The van der Waals surface area contributed by atoms with Gasteiger partial charge in [-0.3, -0.25) is 4.79 Å². The molecule has 0 saturated carbocycles. The van der Waals surface area contributed by atoms with E-state index >= 15 is 0 Å². The summed E-state index contributed by atoms with van der Waals surface area (Å²) in [6, 6.07) is 14.8. The zero-order valence-electron chi connectivity index (χ0n) is 18.7. The third-order valence-electron chi connectivity index (χ3n) is 5.68. The third kappa shape index (κ3) is 5.23. The summed E-state index contributed by atoms with van der Waals surface area (Å²) in [7, 11) is 0. The maximum Gasteiger partial charge on any atom is 0.319 e. The van der Waals surface area contributed by atoms with Crippen molar-refractivity contribution in [3.05, 3.63) is 77.4 Å². The van der Waals surface area contributed by atoms with Gasteiger partial charge in [-0.15, -0.1) is 0 Å². The van der Waals surface area contributed by atoms with Crippen molar-refractivity contribution in [2.24, 2.45) is 0 Å². The molecule has 172 valence electrons. The first-order chi connectivity index (χ1) is 15.9. The second kappa shape index (κ2) is 9.87. The second-order valence-corrected chi connectivity index (χ2v) is 8.07. The number of nitrogens with zero attached hydrogens (tertiary/aromatic N) is 1. The molecule has 4 rings (SSSR count). The predicted octanol–water partition coefficient (Wildman–Crippen LogP) is 4.79. The summed E-state index contributed by atoms with van der Waals surface area (Å²) in [5.41, 5.74) is 3.47. The number of urea groups is 1. The molecule has 1 aromatic heterocycles. The number of anilines is 2. The molecular formula is C25H27FN4O3. The molecule has 8 heteroatoms.